The second kappa shape index (κ2) is 17.6. The molecule has 1 aromatic carbocycles. The molecular formula is C25H42N8O7. The van der Waals surface area contributed by atoms with E-state index >= 15 is 0 Å². The third-order valence-electron chi connectivity index (χ3n) is 5.94. The number of aliphatic imine (C=N–C) groups is 1. The summed E-state index contributed by atoms with van der Waals surface area (Å²) in [7, 11) is 0. The number of nitrogens with two attached hydrogens (primary N) is 4. The number of unbranched alkanes of at least 4 members (excludes halogenated alkanes) is 1. The number of nitrogens with one attached hydrogen (secondary N) is 3. The maximum Gasteiger partial charge on any atom is 0.326 e. The minimum absolute atomic E-state index is 0.00319. The number of phenolic OH excluding ortho intramolecular Hbond substituents is 1. The summed E-state index contributed by atoms with van der Waals surface area (Å²) >= 11 is 0. The number of phenols is 1. The molecule has 0 aliphatic heterocycles. The summed E-state index contributed by atoms with van der Waals surface area (Å²) < 4.78 is 0. The van der Waals surface area contributed by atoms with Gasteiger partial charge < -0.3 is 54.2 Å². The number of rotatable bonds is 18. The number of aliphatic carboxylic acids is 1. The molecule has 0 saturated carbocycles. The van der Waals surface area contributed by atoms with Gasteiger partial charge in [0.05, 0.1) is 12.1 Å². The molecule has 40 heavy (non-hydrogen) atoms. The fourth-order valence-electron chi connectivity index (χ4n) is 3.68. The molecule has 0 bridgehead atoms. The van der Waals surface area contributed by atoms with Crippen molar-refractivity contribution >= 4 is 29.7 Å². The molecule has 224 valence electrons. The molecule has 0 aromatic heterocycles. The highest BCUT2D eigenvalue weighted by atomic mass is 16.4. The molecule has 0 aliphatic rings. The highest BCUT2D eigenvalue weighted by molar-refractivity contribution is 5.94. The Bertz CT molecular complexity index is 999. The molecule has 15 heteroatoms. The Hall–Kier alpha value is -3.95. The van der Waals surface area contributed by atoms with Gasteiger partial charge in [-0.15, -0.1) is 0 Å². The third-order valence-corrected chi connectivity index (χ3v) is 5.94. The molecule has 1 aromatic rings. The third kappa shape index (κ3) is 12.7. The van der Waals surface area contributed by atoms with Crippen LogP contribution in [0.2, 0.25) is 0 Å². The van der Waals surface area contributed by atoms with Crippen molar-refractivity contribution in [2.24, 2.45) is 27.9 Å². The van der Waals surface area contributed by atoms with Gasteiger partial charge >= 0.3 is 5.97 Å². The molecule has 5 atom stereocenters. The lowest BCUT2D eigenvalue weighted by Crippen LogP contribution is -2.60. The van der Waals surface area contributed by atoms with Crippen LogP contribution < -0.4 is 38.9 Å². The minimum atomic E-state index is -1.52. The number of carboxylic acids is 1. The van der Waals surface area contributed by atoms with E-state index in [-0.39, 0.29) is 37.5 Å². The van der Waals surface area contributed by atoms with E-state index in [9.17, 15) is 34.5 Å². The van der Waals surface area contributed by atoms with Gasteiger partial charge in [-0.2, -0.15) is 0 Å². The Labute approximate surface area is 232 Å². The number of aliphatic hydroxyl groups excluding tert-OH is 1. The number of benzene rings is 1. The molecule has 0 radical (unpaired) electrons. The summed E-state index contributed by atoms with van der Waals surface area (Å²) in [5.74, 6) is -3.71. The Morgan fingerprint density at radius 1 is 0.900 bits per heavy atom. The summed E-state index contributed by atoms with van der Waals surface area (Å²) in [5, 5.41) is 36.6. The summed E-state index contributed by atoms with van der Waals surface area (Å²) in [6.07, 6.45) is 0.398. The maximum absolute atomic E-state index is 13.1. The smallest absolute Gasteiger partial charge is 0.326 e. The molecule has 0 aliphatic carbocycles. The monoisotopic (exact) mass is 566 g/mol. The van der Waals surface area contributed by atoms with Gasteiger partial charge in [0.25, 0.3) is 0 Å². The standard InChI is InChI=1S/C25H42N8O7/c1-14(34)20(23(38)32-19(24(39)40)13-15-7-9-16(35)10-8-15)33-22(37)18(6-2-3-11-26)31-21(36)17(27)5-4-12-30-25(28)29/h7-10,14,17-20,34-35H,2-6,11-13,26-27H2,1H3,(H,31,36)(H,32,38)(H,33,37)(H,39,40)(H4,28,29,30). The Balaban J connectivity index is 2.92. The van der Waals surface area contributed by atoms with Crippen molar-refractivity contribution in [1.82, 2.24) is 16.0 Å². The van der Waals surface area contributed by atoms with Crippen LogP contribution in [0, 0.1) is 0 Å². The number of aliphatic hydroxyl groups is 1. The molecular weight excluding hydrogens is 524 g/mol. The van der Waals surface area contributed by atoms with E-state index in [4.69, 9.17) is 22.9 Å². The van der Waals surface area contributed by atoms with Crippen molar-refractivity contribution < 1.29 is 34.5 Å². The molecule has 15 nitrogen and oxygen atoms in total. The highest BCUT2D eigenvalue weighted by Crippen LogP contribution is 2.12. The van der Waals surface area contributed by atoms with Gasteiger partial charge in [0, 0.05) is 13.0 Å². The summed E-state index contributed by atoms with van der Waals surface area (Å²) in [6, 6.07) is 0.823. The van der Waals surface area contributed by atoms with Crippen LogP contribution in [0.3, 0.4) is 0 Å². The first kappa shape index (κ1) is 34.1. The quantitative estimate of drug-likeness (QED) is 0.0498. The van der Waals surface area contributed by atoms with Crippen LogP contribution >= 0.6 is 0 Å². The lowest BCUT2D eigenvalue weighted by molar-refractivity contribution is -0.143. The second-order valence-corrected chi connectivity index (χ2v) is 9.40. The van der Waals surface area contributed by atoms with E-state index in [1.54, 1.807) is 0 Å². The van der Waals surface area contributed by atoms with Crippen molar-refractivity contribution in [3.63, 3.8) is 0 Å². The van der Waals surface area contributed by atoms with Crippen LogP contribution in [-0.4, -0.2) is 88.3 Å². The van der Waals surface area contributed by atoms with Gasteiger partial charge in [0.1, 0.15) is 23.9 Å². The van der Waals surface area contributed by atoms with E-state index < -0.39 is 54.0 Å². The van der Waals surface area contributed by atoms with Crippen molar-refractivity contribution in [3.8, 4) is 5.75 Å². The normalized spacial score (nSPS) is 14.6. The number of carboxylic acid groups (broad SMARTS) is 1. The van der Waals surface area contributed by atoms with Crippen molar-refractivity contribution in [1.29, 1.82) is 0 Å². The van der Waals surface area contributed by atoms with E-state index in [2.05, 4.69) is 20.9 Å². The predicted octanol–water partition coefficient (Wildman–Crippen LogP) is -2.64. The van der Waals surface area contributed by atoms with E-state index in [0.29, 0.717) is 31.4 Å². The van der Waals surface area contributed by atoms with E-state index in [1.807, 2.05) is 0 Å². The van der Waals surface area contributed by atoms with E-state index in [1.165, 1.54) is 31.2 Å². The Morgan fingerprint density at radius 2 is 1.52 bits per heavy atom. The second-order valence-electron chi connectivity index (χ2n) is 9.40. The number of guanidine groups is 1. The first-order valence-electron chi connectivity index (χ1n) is 13.0. The van der Waals surface area contributed by atoms with Gasteiger partial charge in [-0.1, -0.05) is 12.1 Å². The first-order chi connectivity index (χ1) is 18.8. The van der Waals surface area contributed by atoms with Gasteiger partial charge in [0.2, 0.25) is 17.7 Å². The number of hydrogen-bond acceptors (Lipinski definition) is 9. The van der Waals surface area contributed by atoms with Crippen LogP contribution in [-0.2, 0) is 25.6 Å². The van der Waals surface area contributed by atoms with Gasteiger partial charge in [-0.3, -0.25) is 19.4 Å². The fourth-order valence-corrected chi connectivity index (χ4v) is 3.68. The number of carbonyl (C=O) groups is 4. The fraction of sp³-hybridized carbons (Fsp3) is 0.560. The van der Waals surface area contributed by atoms with Crippen LogP contribution in [0.4, 0.5) is 0 Å². The maximum atomic E-state index is 13.1. The average Bonchev–Trinajstić information content (AvgIpc) is 2.89. The number of nitrogens with zero attached hydrogens (tertiary/aromatic N) is 1. The van der Waals surface area contributed by atoms with Crippen LogP contribution in [0.5, 0.6) is 5.75 Å². The summed E-state index contributed by atoms with van der Waals surface area (Å²) in [6.45, 7) is 1.90. The zero-order valence-corrected chi connectivity index (χ0v) is 22.6. The van der Waals surface area contributed by atoms with Crippen LogP contribution in [0.15, 0.2) is 29.3 Å². The molecule has 0 fully saturated rings. The van der Waals surface area contributed by atoms with Crippen molar-refractivity contribution in [3.05, 3.63) is 29.8 Å². The van der Waals surface area contributed by atoms with Crippen LogP contribution in [0.25, 0.3) is 0 Å². The topological polar surface area (TPSA) is 282 Å². The molecule has 0 heterocycles. The molecule has 0 saturated heterocycles. The lowest BCUT2D eigenvalue weighted by Gasteiger charge is -2.26. The Morgan fingerprint density at radius 3 is 2.08 bits per heavy atom. The van der Waals surface area contributed by atoms with Crippen molar-refractivity contribution in [2.75, 3.05) is 13.1 Å². The summed E-state index contributed by atoms with van der Waals surface area (Å²) in [5.41, 5.74) is 22.5. The predicted molar refractivity (Wildman–Crippen MR) is 148 cm³/mol. The molecule has 1 rings (SSSR count). The van der Waals surface area contributed by atoms with Gasteiger partial charge in [0.15, 0.2) is 5.96 Å². The zero-order valence-electron chi connectivity index (χ0n) is 22.6. The van der Waals surface area contributed by atoms with Gasteiger partial charge in [-0.05, 0) is 63.3 Å². The van der Waals surface area contributed by atoms with Crippen LogP contribution in [0.1, 0.15) is 44.6 Å². The molecule has 14 N–H and O–H groups in total. The summed E-state index contributed by atoms with van der Waals surface area (Å²) in [4.78, 5) is 54.3. The zero-order chi connectivity index (χ0) is 30.2. The largest absolute Gasteiger partial charge is 0.508 e. The van der Waals surface area contributed by atoms with Gasteiger partial charge in [-0.25, -0.2) is 4.79 Å². The lowest BCUT2D eigenvalue weighted by atomic mass is 10.0. The van der Waals surface area contributed by atoms with Crippen molar-refractivity contribution in [2.45, 2.75) is 75.7 Å². The number of carbonyl (C=O) groups excluding carboxylic acids is 3. The molecule has 5 unspecified atom stereocenters. The highest BCUT2D eigenvalue weighted by Gasteiger charge is 2.32. The Kier molecular flexibility index (Phi) is 15.0. The SMILES string of the molecule is CC(O)C(NC(=O)C(CCCCN)NC(=O)C(N)CCCN=C(N)N)C(=O)NC(Cc1ccc(O)cc1)C(=O)O. The molecule has 3 amide bonds. The first-order valence-corrected chi connectivity index (χ1v) is 13.0. The van der Waals surface area contributed by atoms with E-state index in [0.717, 1.165) is 0 Å². The number of amides is 3. The number of aromatic hydroxyl groups is 1. The average molecular weight is 567 g/mol. The number of hydrogen-bond donors (Lipinski definition) is 10. The molecule has 0 spiro atoms. The minimum Gasteiger partial charge on any atom is -0.508 e.